The van der Waals surface area contributed by atoms with E-state index < -0.39 is 0 Å². The second-order valence-electron chi connectivity index (χ2n) is 7.29. The minimum atomic E-state index is -0.368. The molecule has 0 aliphatic rings. The smallest absolute Gasteiger partial charge is 0.295 e. The van der Waals surface area contributed by atoms with Crippen LogP contribution in [0.15, 0.2) is 66.7 Å². The fraction of sp³-hybridized carbons (Fsp3) is 0.125. The summed E-state index contributed by atoms with van der Waals surface area (Å²) in [6, 6.07) is 21.1. The molecule has 4 aromatic rings. The predicted molar refractivity (Wildman–Crippen MR) is 120 cm³/mol. The van der Waals surface area contributed by atoms with E-state index in [1.165, 1.54) is 0 Å². The zero-order chi connectivity index (χ0) is 21.3. The first-order chi connectivity index (χ1) is 14.4. The number of aryl methyl sites for hydroxylation is 3. The molecular weight excluding hydrogens is 396 g/mol. The molecule has 1 aromatic heterocycles. The molecule has 0 saturated carbocycles. The van der Waals surface area contributed by atoms with E-state index in [-0.39, 0.29) is 11.7 Å². The number of aromatic nitrogens is 3. The highest BCUT2D eigenvalue weighted by Gasteiger charge is 2.20. The van der Waals surface area contributed by atoms with Crippen molar-refractivity contribution in [3.63, 3.8) is 0 Å². The van der Waals surface area contributed by atoms with Crippen molar-refractivity contribution in [2.24, 2.45) is 0 Å². The number of amides is 1. The van der Waals surface area contributed by atoms with E-state index in [0.717, 1.165) is 27.9 Å². The molecule has 5 nitrogen and oxygen atoms in total. The van der Waals surface area contributed by atoms with Crippen LogP contribution in [-0.2, 0) is 0 Å². The Morgan fingerprint density at radius 2 is 1.67 bits per heavy atom. The van der Waals surface area contributed by atoms with Gasteiger partial charge in [-0.1, -0.05) is 53.6 Å². The number of nitrogens with zero attached hydrogens (tertiary/aromatic N) is 3. The summed E-state index contributed by atoms with van der Waals surface area (Å²) in [5.74, 6) is 0.304. The van der Waals surface area contributed by atoms with Gasteiger partial charge in [-0.05, 0) is 62.2 Å². The van der Waals surface area contributed by atoms with Crippen molar-refractivity contribution in [3.05, 3.63) is 94.3 Å². The highest BCUT2D eigenvalue weighted by Crippen LogP contribution is 2.26. The summed E-state index contributed by atoms with van der Waals surface area (Å²) in [7, 11) is 0. The Hall–Kier alpha value is -3.44. The summed E-state index contributed by atoms with van der Waals surface area (Å²) in [5, 5.41) is 8.01. The summed E-state index contributed by atoms with van der Waals surface area (Å²) in [4.78, 5) is 17.5. The molecule has 150 valence electrons. The van der Waals surface area contributed by atoms with Gasteiger partial charge in [-0.25, -0.2) is 9.67 Å². The minimum absolute atomic E-state index is 0.0902. The number of anilines is 1. The van der Waals surface area contributed by atoms with Crippen molar-refractivity contribution in [2.75, 3.05) is 5.32 Å². The molecule has 0 spiro atoms. The highest BCUT2D eigenvalue weighted by molar-refractivity contribution is 6.30. The van der Waals surface area contributed by atoms with E-state index in [1.54, 1.807) is 4.68 Å². The fourth-order valence-electron chi connectivity index (χ4n) is 3.27. The number of hydrogen-bond acceptors (Lipinski definition) is 3. The first-order valence-corrected chi connectivity index (χ1v) is 9.97. The third kappa shape index (κ3) is 4.11. The molecule has 0 aliphatic heterocycles. The van der Waals surface area contributed by atoms with Crippen molar-refractivity contribution in [3.8, 4) is 17.1 Å². The van der Waals surface area contributed by atoms with Gasteiger partial charge in [0.15, 0.2) is 5.82 Å². The van der Waals surface area contributed by atoms with Crippen LogP contribution in [0, 0.1) is 20.8 Å². The number of benzene rings is 3. The number of hydrogen-bond donors (Lipinski definition) is 1. The van der Waals surface area contributed by atoms with Crippen LogP contribution < -0.4 is 5.32 Å². The summed E-state index contributed by atoms with van der Waals surface area (Å²) in [5.41, 5.74) is 5.48. The molecule has 0 unspecified atom stereocenters. The van der Waals surface area contributed by atoms with Crippen molar-refractivity contribution in [2.45, 2.75) is 20.8 Å². The van der Waals surface area contributed by atoms with Gasteiger partial charge in [0.1, 0.15) is 0 Å². The lowest BCUT2D eigenvalue weighted by molar-refractivity contribution is 0.101. The number of nitrogens with one attached hydrogen (secondary N) is 1. The van der Waals surface area contributed by atoms with Crippen LogP contribution in [0.3, 0.4) is 0 Å². The predicted octanol–water partition coefficient (Wildman–Crippen LogP) is 5.77. The monoisotopic (exact) mass is 416 g/mol. The van der Waals surface area contributed by atoms with Gasteiger partial charge in [-0.3, -0.25) is 4.79 Å². The Morgan fingerprint density at radius 1 is 0.933 bits per heavy atom. The van der Waals surface area contributed by atoms with Crippen LogP contribution >= 0.6 is 11.6 Å². The molecule has 3 aromatic carbocycles. The summed E-state index contributed by atoms with van der Waals surface area (Å²) < 4.78 is 1.68. The van der Waals surface area contributed by atoms with Crippen LogP contribution in [0.2, 0.25) is 5.02 Å². The van der Waals surface area contributed by atoms with Crippen molar-refractivity contribution in [1.82, 2.24) is 14.8 Å². The third-order valence-corrected chi connectivity index (χ3v) is 5.00. The lowest BCUT2D eigenvalue weighted by atomic mass is 10.1. The van der Waals surface area contributed by atoms with E-state index in [4.69, 9.17) is 11.6 Å². The van der Waals surface area contributed by atoms with Gasteiger partial charge in [0, 0.05) is 16.3 Å². The molecule has 30 heavy (non-hydrogen) atoms. The Balaban J connectivity index is 1.81. The van der Waals surface area contributed by atoms with Gasteiger partial charge >= 0.3 is 0 Å². The average Bonchev–Trinajstić information content (AvgIpc) is 3.15. The lowest BCUT2D eigenvalue weighted by Crippen LogP contribution is -2.14. The first kappa shape index (κ1) is 19.9. The molecule has 0 bridgehead atoms. The quantitative estimate of drug-likeness (QED) is 0.459. The topological polar surface area (TPSA) is 59.8 Å². The van der Waals surface area contributed by atoms with E-state index in [9.17, 15) is 4.79 Å². The van der Waals surface area contributed by atoms with Crippen LogP contribution in [0.4, 0.5) is 5.69 Å². The summed E-state index contributed by atoms with van der Waals surface area (Å²) >= 11 is 6.24. The van der Waals surface area contributed by atoms with Crippen molar-refractivity contribution < 1.29 is 4.79 Å². The van der Waals surface area contributed by atoms with E-state index in [0.29, 0.717) is 16.5 Å². The normalized spacial score (nSPS) is 10.8. The molecule has 1 heterocycles. The minimum Gasteiger partial charge on any atom is -0.319 e. The maximum Gasteiger partial charge on any atom is 0.295 e. The summed E-state index contributed by atoms with van der Waals surface area (Å²) in [6.07, 6.45) is 0. The third-order valence-electron chi connectivity index (χ3n) is 4.76. The highest BCUT2D eigenvalue weighted by atomic mass is 35.5. The number of carbonyl (C=O) groups excluding carboxylic acids is 1. The maximum atomic E-state index is 12.9. The molecule has 0 saturated heterocycles. The lowest BCUT2D eigenvalue weighted by Gasteiger charge is -2.10. The zero-order valence-corrected chi connectivity index (χ0v) is 17.7. The second-order valence-corrected chi connectivity index (χ2v) is 7.73. The molecule has 0 atom stereocenters. The Labute approximate surface area is 180 Å². The van der Waals surface area contributed by atoms with Gasteiger partial charge in [-0.15, -0.1) is 5.10 Å². The van der Waals surface area contributed by atoms with E-state index in [1.807, 2.05) is 87.5 Å². The first-order valence-electron chi connectivity index (χ1n) is 9.59. The van der Waals surface area contributed by atoms with E-state index >= 15 is 0 Å². The molecule has 0 radical (unpaired) electrons. The van der Waals surface area contributed by atoms with Gasteiger partial charge < -0.3 is 5.32 Å². The second kappa shape index (κ2) is 8.13. The van der Waals surface area contributed by atoms with Gasteiger partial charge in [0.2, 0.25) is 5.82 Å². The van der Waals surface area contributed by atoms with Crippen LogP contribution in [-0.4, -0.2) is 20.7 Å². The van der Waals surface area contributed by atoms with Crippen LogP contribution in [0.5, 0.6) is 0 Å². The standard InChI is InChI=1S/C24H21ClN4O/c1-15-6-4-8-18(12-15)23-27-22(24(30)26-20-9-5-7-16(2)13-20)28-29(23)21-14-19(25)11-10-17(21)3/h4-14H,1-3H3,(H,26,30). The van der Waals surface area contributed by atoms with Crippen LogP contribution in [0.25, 0.3) is 17.1 Å². The van der Waals surface area contributed by atoms with Crippen molar-refractivity contribution in [1.29, 1.82) is 0 Å². The van der Waals surface area contributed by atoms with Gasteiger partial charge in [-0.2, -0.15) is 0 Å². The molecule has 1 N–H and O–H groups in total. The fourth-order valence-corrected chi connectivity index (χ4v) is 3.43. The Morgan fingerprint density at radius 3 is 2.40 bits per heavy atom. The molecule has 0 fully saturated rings. The molecule has 6 heteroatoms. The molecule has 1 amide bonds. The maximum absolute atomic E-state index is 12.9. The summed E-state index contributed by atoms with van der Waals surface area (Å²) in [6.45, 7) is 5.96. The molecular formula is C24H21ClN4O. The van der Waals surface area contributed by atoms with Gasteiger partial charge in [0.25, 0.3) is 5.91 Å². The SMILES string of the molecule is Cc1cccc(NC(=O)c2nc(-c3cccc(C)c3)n(-c3cc(Cl)ccc3C)n2)c1. The molecule has 4 rings (SSSR count). The Kier molecular flexibility index (Phi) is 5.38. The van der Waals surface area contributed by atoms with Crippen molar-refractivity contribution >= 4 is 23.2 Å². The number of halogens is 1. The van der Waals surface area contributed by atoms with Gasteiger partial charge in [0.05, 0.1) is 5.69 Å². The van der Waals surface area contributed by atoms with E-state index in [2.05, 4.69) is 15.4 Å². The average molecular weight is 417 g/mol. The largest absolute Gasteiger partial charge is 0.319 e. The zero-order valence-electron chi connectivity index (χ0n) is 17.0. The Bertz CT molecular complexity index is 1250. The number of carbonyl (C=O) groups is 1. The molecule has 0 aliphatic carbocycles. The van der Waals surface area contributed by atoms with Crippen LogP contribution in [0.1, 0.15) is 27.3 Å². The number of rotatable bonds is 4.